The summed E-state index contributed by atoms with van der Waals surface area (Å²) in [6, 6.07) is 8.85. The number of nitrogens with zero attached hydrogens (tertiary/aromatic N) is 3. The largest absolute Gasteiger partial charge is 0.335 e. The van der Waals surface area contributed by atoms with E-state index in [1.54, 1.807) is 42.7 Å². The van der Waals surface area contributed by atoms with E-state index in [2.05, 4.69) is 4.98 Å². The molecule has 1 aromatic heterocycles. The Morgan fingerprint density at radius 2 is 1.67 bits per heavy atom. The third-order valence-electron chi connectivity index (χ3n) is 6.81. The lowest BCUT2D eigenvalue weighted by Gasteiger charge is -2.44. The molecule has 1 saturated carbocycles. The lowest BCUT2D eigenvalue weighted by molar-refractivity contribution is 0.0390. The van der Waals surface area contributed by atoms with Crippen molar-refractivity contribution in [2.45, 2.75) is 51.1 Å². The second kappa shape index (κ2) is 7.67. The molecule has 6 nitrogen and oxygen atoms in total. The maximum absolute atomic E-state index is 13.3. The average Bonchev–Trinajstić information content (AvgIpc) is 3.03. The van der Waals surface area contributed by atoms with Crippen molar-refractivity contribution in [3.8, 4) is 0 Å². The van der Waals surface area contributed by atoms with Crippen LogP contribution in [0.5, 0.6) is 0 Å². The normalized spacial score (nSPS) is 23.3. The molecule has 0 radical (unpaired) electrons. The molecule has 0 N–H and O–H groups in total. The highest BCUT2D eigenvalue weighted by Crippen LogP contribution is 2.36. The molecule has 2 atom stereocenters. The van der Waals surface area contributed by atoms with Crippen LogP contribution in [0.1, 0.15) is 75.2 Å². The molecule has 2 aromatic rings. The summed E-state index contributed by atoms with van der Waals surface area (Å²) >= 11 is 0. The van der Waals surface area contributed by atoms with Crippen molar-refractivity contribution in [3.05, 3.63) is 65.0 Å². The lowest BCUT2D eigenvalue weighted by atomic mass is 9.78. The third kappa shape index (κ3) is 3.20. The maximum Gasteiger partial charge on any atom is 0.261 e. The van der Waals surface area contributed by atoms with Crippen LogP contribution in [0, 0.1) is 5.92 Å². The van der Waals surface area contributed by atoms with Gasteiger partial charge in [-0.15, -0.1) is 0 Å². The number of aromatic nitrogens is 1. The first-order chi connectivity index (χ1) is 14.6. The monoisotopic (exact) mass is 403 g/mol. The van der Waals surface area contributed by atoms with Gasteiger partial charge in [0.2, 0.25) is 0 Å². The minimum atomic E-state index is -0.337. The van der Waals surface area contributed by atoms with Crippen LogP contribution in [0.2, 0.25) is 0 Å². The minimum absolute atomic E-state index is 0.0118. The first-order valence-electron chi connectivity index (χ1n) is 10.8. The van der Waals surface area contributed by atoms with Gasteiger partial charge in [-0.1, -0.05) is 12.8 Å². The van der Waals surface area contributed by atoms with Crippen molar-refractivity contribution >= 4 is 17.7 Å². The number of carbonyl (C=O) groups excluding carboxylic acids is 3. The van der Waals surface area contributed by atoms with Crippen LogP contribution in [0.4, 0.5) is 0 Å². The summed E-state index contributed by atoms with van der Waals surface area (Å²) in [5, 5.41) is 0. The number of rotatable bonds is 3. The second-order valence-electron chi connectivity index (χ2n) is 8.56. The van der Waals surface area contributed by atoms with E-state index in [0.717, 1.165) is 24.9 Å². The molecule has 1 aliphatic carbocycles. The molecule has 5 rings (SSSR count). The quantitative estimate of drug-likeness (QED) is 0.733. The van der Waals surface area contributed by atoms with Crippen molar-refractivity contribution in [1.29, 1.82) is 0 Å². The Bertz CT molecular complexity index is 1000. The van der Waals surface area contributed by atoms with E-state index in [9.17, 15) is 14.4 Å². The Morgan fingerprint density at radius 3 is 2.50 bits per heavy atom. The molecule has 154 valence electrons. The van der Waals surface area contributed by atoms with Gasteiger partial charge in [-0.2, -0.15) is 0 Å². The van der Waals surface area contributed by atoms with Gasteiger partial charge in [0.25, 0.3) is 17.7 Å². The molecule has 3 amide bonds. The smallest absolute Gasteiger partial charge is 0.261 e. The standard InChI is InChI=1S/C24H25N3O3/c28-22(26-13-3-5-17-4-1-2-6-21(17)26)18-7-8-19-20(14-18)24(30)27(23(19)29)15-16-9-11-25-12-10-16/h7-12,14,17,21H,1-6,13,15H2/t17-,21+/m0/s1. The van der Waals surface area contributed by atoms with Gasteiger partial charge in [-0.05, 0) is 67.5 Å². The molecule has 6 heteroatoms. The van der Waals surface area contributed by atoms with Crippen molar-refractivity contribution in [2.24, 2.45) is 5.92 Å². The van der Waals surface area contributed by atoms with E-state index < -0.39 is 0 Å². The van der Waals surface area contributed by atoms with Gasteiger partial charge in [0.1, 0.15) is 0 Å². The first-order valence-corrected chi connectivity index (χ1v) is 10.8. The van der Waals surface area contributed by atoms with Crippen molar-refractivity contribution < 1.29 is 14.4 Å². The van der Waals surface area contributed by atoms with Gasteiger partial charge in [-0.3, -0.25) is 24.3 Å². The summed E-state index contributed by atoms with van der Waals surface area (Å²) < 4.78 is 0. The van der Waals surface area contributed by atoms with E-state index in [1.807, 2.05) is 4.90 Å². The number of hydrogen-bond acceptors (Lipinski definition) is 4. The van der Waals surface area contributed by atoms with Crippen LogP contribution in [0.3, 0.4) is 0 Å². The van der Waals surface area contributed by atoms with Crippen LogP contribution in [-0.2, 0) is 6.54 Å². The molecule has 1 aromatic carbocycles. The molecule has 30 heavy (non-hydrogen) atoms. The number of benzene rings is 1. The highest BCUT2D eigenvalue weighted by Gasteiger charge is 2.38. The number of fused-ring (bicyclic) bond motifs is 2. The van der Waals surface area contributed by atoms with Gasteiger partial charge >= 0.3 is 0 Å². The predicted molar refractivity (Wildman–Crippen MR) is 111 cm³/mol. The fourth-order valence-corrected chi connectivity index (χ4v) is 5.28. The zero-order valence-corrected chi connectivity index (χ0v) is 16.9. The van der Waals surface area contributed by atoms with Crippen LogP contribution >= 0.6 is 0 Å². The molecule has 3 aliphatic rings. The number of imide groups is 1. The topological polar surface area (TPSA) is 70.6 Å². The molecule has 1 saturated heterocycles. The number of likely N-dealkylation sites (tertiary alicyclic amines) is 1. The Kier molecular flexibility index (Phi) is 4.85. The number of pyridine rings is 1. The Morgan fingerprint density at radius 1 is 0.933 bits per heavy atom. The molecular formula is C24H25N3O3. The summed E-state index contributed by atoms with van der Waals surface area (Å²) in [4.78, 5) is 46.3. The molecular weight excluding hydrogens is 378 g/mol. The average molecular weight is 403 g/mol. The Balaban J connectivity index is 1.39. The third-order valence-corrected chi connectivity index (χ3v) is 6.81. The molecule has 0 spiro atoms. The molecule has 2 fully saturated rings. The van der Waals surface area contributed by atoms with Crippen molar-refractivity contribution in [1.82, 2.24) is 14.8 Å². The lowest BCUT2D eigenvalue weighted by Crippen LogP contribution is -2.49. The number of hydrogen-bond donors (Lipinski definition) is 0. The van der Waals surface area contributed by atoms with E-state index in [-0.39, 0.29) is 24.3 Å². The molecule has 0 bridgehead atoms. The van der Waals surface area contributed by atoms with Gasteiger partial charge in [0.15, 0.2) is 0 Å². The van der Waals surface area contributed by atoms with Gasteiger partial charge in [0.05, 0.1) is 17.7 Å². The molecule has 3 heterocycles. The maximum atomic E-state index is 13.3. The second-order valence-corrected chi connectivity index (χ2v) is 8.56. The number of carbonyl (C=O) groups is 3. The van der Waals surface area contributed by atoms with E-state index in [1.165, 1.54) is 30.6 Å². The zero-order valence-electron chi connectivity index (χ0n) is 16.9. The highest BCUT2D eigenvalue weighted by molar-refractivity contribution is 6.22. The van der Waals surface area contributed by atoms with Gasteiger partial charge in [-0.25, -0.2) is 0 Å². The Labute approximate surface area is 175 Å². The molecule has 0 unspecified atom stereocenters. The van der Waals surface area contributed by atoms with Crippen LogP contribution in [0.25, 0.3) is 0 Å². The van der Waals surface area contributed by atoms with Gasteiger partial charge in [0, 0.05) is 30.5 Å². The van der Waals surface area contributed by atoms with E-state index in [0.29, 0.717) is 28.7 Å². The summed E-state index contributed by atoms with van der Waals surface area (Å²) in [6.07, 6.45) is 10.2. The van der Waals surface area contributed by atoms with Crippen LogP contribution in [-0.4, -0.2) is 45.1 Å². The fourth-order valence-electron chi connectivity index (χ4n) is 5.28. The summed E-state index contributed by atoms with van der Waals surface area (Å²) in [5.74, 6) is -0.0565. The van der Waals surface area contributed by atoms with Crippen molar-refractivity contribution in [3.63, 3.8) is 0 Å². The summed E-state index contributed by atoms with van der Waals surface area (Å²) in [5.41, 5.74) is 2.05. The van der Waals surface area contributed by atoms with Gasteiger partial charge < -0.3 is 4.90 Å². The number of amides is 3. The SMILES string of the molecule is O=C1c2ccc(C(=O)N3CCC[C@@H]4CCCC[C@H]43)cc2C(=O)N1Cc1ccncc1. The molecule has 2 aliphatic heterocycles. The highest BCUT2D eigenvalue weighted by atomic mass is 16.2. The summed E-state index contributed by atoms with van der Waals surface area (Å²) in [6.45, 7) is 0.978. The van der Waals surface area contributed by atoms with Crippen LogP contribution < -0.4 is 0 Å². The van der Waals surface area contributed by atoms with Crippen LogP contribution in [0.15, 0.2) is 42.7 Å². The first kappa shape index (κ1) is 19.0. The number of piperidine rings is 1. The minimum Gasteiger partial charge on any atom is -0.335 e. The van der Waals surface area contributed by atoms with E-state index >= 15 is 0 Å². The Hall–Kier alpha value is -3.02. The summed E-state index contributed by atoms with van der Waals surface area (Å²) in [7, 11) is 0. The predicted octanol–water partition coefficient (Wildman–Crippen LogP) is 3.67. The fraction of sp³-hybridized carbons (Fsp3) is 0.417. The van der Waals surface area contributed by atoms with E-state index in [4.69, 9.17) is 0 Å². The zero-order chi connectivity index (χ0) is 20.7. The van der Waals surface area contributed by atoms with Crippen molar-refractivity contribution in [2.75, 3.05) is 6.54 Å².